The van der Waals surface area contributed by atoms with Gasteiger partial charge in [0, 0.05) is 25.2 Å². The molecular weight excluding hydrogens is 320 g/mol. The van der Waals surface area contributed by atoms with Crippen LogP contribution in [0.5, 0.6) is 0 Å². The second kappa shape index (κ2) is 5.89. The summed E-state index contributed by atoms with van der Waals surface area (Å²) in [6.07, 6.45) is 1.04. The number of aromatic amines is 1. The molecule has 2 atom stereocenters. The summed E-state index contributed by atoms with van der Waals surface area (Å²) in [7, 11) is -3.51. The highest BCUT2D eigenvalue weighted by Crippen LogP contribution is 2.26. The van der Waals surface area contributed by atoms with Gasteiger partial charge < -0.3 is 0 Å². The molecule has 1 aliphatic heterocycles. The van der Waals surface area contributed by atoms with Crippen molar-refractivity contribution >= 4 is 10.0 Å². The number of nitrogens with zero attached hydrogens (tertiary/aromatic N) is 3. The van der Waals surface area contributed by atoms with Crippen LogP contribution in [0.2, 0.25) is 0 Å². The summed E-state index contributed by atoms with van der Waals surface area (Å²) in [5.74, 6) is 0.0186. The SMILES string of the molecule is C[C@H]1C[C@H](C)CN(S(=O)(=O)c2ccc(-[n+]3noc(=O)[nH]3)cc2)C1. The fourth-order valence-corrected chi connectivity index (χ4v) is 4.71. The number of rotatable bonds is 3. The summed E-state index contributed by atoms with van der Waals surface area (Å²) in [5.41, 5.74) is 0.509. The number of H-pyrrole nitrogens is 1. The van der Waals surface area contributed by atoms with Crippen LogP contribution in [0.1, 0.15) is 20.3 Å². The zero-order chi connectivity index (χ0) is 16.6. The van der Waals surface area contributed by atoms with Crippen LogP contribution in [0.25, 0.3) is 5.69 Å². The van der Waals surface area contributed by atoms with Gasteiger partial charge in [-0.25, -0.2) is 17.7 Å². The maximum absolute atomic E-state index is 12.8. The lowest BCUT2D eigenvalue weighted by molar-refractivity contribution is -0.725. The van der Waals surface area contributed by atoms with Gasteiger partial charge in [0.15, 0.2) is 0 Å². The Labute approximate surface area is 133 Å². The minimum atomic E-state index is -3.51. The molecule has 0 spiro atoms. The first-order valence-corrected chi connectivity index (χ1v) is 8.89. The molecule has 3 rings (SSSR count). The summed E-state index contributed by atoms with van der Waals surface area (Å²) < 4.78 is 31.5. The predicted molar refractivity (Wildman–Crippen MR) is 80.4 cm³/mol. The van der Waals surface area contributed by atoms with E-state index >= 15 is 0 Å². The Hall–Kier alpha value is -2.00. The van der Waals surface area contributed by atoms with Crippen LogP contribution in [0.4, 0.5) is 0 Å². The first-order valence-electron chi connectivity index (χ1n) is 7.45. The summed E-state index contributed by atoms with van der Waals surface area (Å²) in [4.78, 5) is 12.3. The fraction of sp³-hybridized carbons (Fsp3) is 0.500. The van der Waals surface area contributed by atoms with Gasteiger partial charge in [0.1, 0.15) is 0 Å². The molecular formula is C14H19N4O4S+. The van der Waals surface area contributed by atoms with Crippen LogP contribution in [-0.2, 0) is 10.0 Å². The Morgan fingerprint density at radius 1 is 1.22 bits per heavy atom. The monoisotopic (exact) mass is 339 g/mol. The molecule has 9 heteroatoms. The van der Waals surface area contributed by atoms with Crippen molar-refractivity contribution in [3.05, 3.63) is 34.8 Å². The van der Waals surface area contributed by atoms with Gasteiger partial charge in [-0.1, -0.05) is 18.9 Å². The first kappa shape index (κ1) is 15.9. The quantitative estimate of drug-likeness (QED) is 0.811. The summed E-state index contributed by atoms with van der Waals surface area (Å²) in [6, 6.07) is 6.16. The molecule has 1 aliphatic rings. The van der Waals surface area contributed by atoms with Gasteiger partial charge in [0.2, 0.25) is 15.3 Å². The molecule has 0 unspecified atom stereocenters. The predicted octanol–water partition coefficient (Wildman–Crippen LogP) is 0.306. The lowest BCUT2D eigenvalue weighted by atomic mass is 9.94. The van der Waals surface area contributed by atoms with Crippen LogP contribution < -0.4 is 10.6 Å². The number of hydrogen-bond acceptors (Lipinski definition) is 5. The normalized spacial score (nSPS) is 23.0. The average Bonchev–Trinajstić information content (AvgIpc) is 2.93. The first-order chi connectivity index (χ1) is 10.9. The highest BCUT2D eigenvalue weighted by molar-refractivity contribution is 7.89. The van der Waals surface area contributed by atoms with E-state index in [4.69, 9.17) is 0 Å². The van der Waals surface area contributed by atoms with E-state index in [1.807, 2.05) is 0 Å². The standard InChI is InChI=1S/C14H18N4O4S/c1-10-7-11(2)9-17(8-10)23(20,21)13-5-3-12(4-6-13)18-15-14(19)22-16-18/h3-6,10-11H,7-9H2,1-2H3/p+1/t10-,11-/m0/s1. The maximum atomic E-state index is 12.8. The van der Waals surface area contributed by atoms with E-state index in [2.05, 4.69) is 28.7 Å². The molecule has 2 aromatic rings. The second-order valence-corrected chi connectivity index (χ2v) is 8.08. The zero-order valence-electron chi connectivity index (χ0n) is 13.0. The molecule has 0 radical (unpaired) electrons. The Kier molecular flexibility index (Phi) is 4.07. The van der Waals surface area contributed by atoms with E-state index in [1.165, 1.54) is 12.1 Å². The third-order valence-electron chi connectivity index (χ3n) is 3.96. The smallest absolute Gasteiger partial charge is 0.239 e. The molecule has 8 nitrogen and oxygen atoms in total. The largest absolute Gasteiger partial charge is 0.493 e. The van der Waals surface area contributed by atoms with Crippen LogP contribution in [0.3, 0.4) is 0 Å². The molecule has 1 aromatic heterocycles. The molecule has 124 valence electrons. The summed E-state index contributed by atoms with van der Waals surface area (Å²) in [6.45, 7) is 5.22. The molecule has 1 fully saturated rings. The van der Waals surface area contributed by atoms with E-state index in [9.17, 15) is 13.2 Å². The third-order valence-corrected chi connectivity index (χ3v) is 5.80. The van der Waals surface area contributed by atoms with Gasteiger partial charge in [0.05, 0.1) is 9.69 Å². The number of benzene rings is 1. The van der Waals surface area contributed by atoms with Crippen molar-refractivity contribution in [1.82, 2.24) is 14.7 Å². The number of nitrogens with one attached hydrogen (secondary N) is 1. The van der Waals surface area contributed by atoms with Crippen molar-refractivity contribution in [2.24, 2.45) is 11.8 Å². The van der Waals surface area contributed by atoms with E-state index in [1.54, 1.807) is 16.4 Å². The van der Waals surface area contributed by atoms with Gasteiger partial charge in [-0.05, 0) is 30.4 Å². The van der Waals surface area contributed by atoms with Crippen molar-refractivity contribution in [1.29, 1.82) is 0 Å². The maximum Gasteiger partial charge on any atom is 0.493 e. The van der Waals surface area contributed by atoms with Crippen LogP contribution in [0.15, 0.2) is 38.5 Å². The minimum absolute atomic E-state index is 0.231. The highest BCUT2D eigenvalue weighted by atomic mass is 32.2. The van der Waals surface area contributed by atoms with E-state index in [0.717, 1.165) is 11.2 Å². The molecule has 2 heterocycles. The Morgan fingerprint density at radius 3 is 2.35 bits per heavy atom. The van der Waals surface area contributed by atoms with E-state index in [-0.39, 0.29) is 4.90 Å². The molecule has 0 bridgehead atoms. The lowest BCUT2D eigenvalue weighted by Gasteiger charge is -2.34. The topological polar surface area (TPSA) is 100 Å². The second-order valence-electron chi connectivity index (χ2n) is 6.15. The number of aromatic nitrogens is 3. The number of piperidine rings is 1. The molecule has 1 N–H and O–H groups in total. The van der Waals surface area contributed by atoms with Crippen molar-refractivity contribution in [2.75, 3.05) is 13.1 Å². The van der Waals surface area contributed by atoms with E-state index in [0.29, 0.717) is 30.6 Å². The fourth-order valence-electron chi connectivity index (χ4n) is 3.03. The number of hydrogen-bond donors (Lipinski definition) is 1. The molecule has 23 heavy (non-hydrogen) atoms. The number of sulfonamides is 1. The van der Waals surface area contributed by atoms with Crippen molar-refractivity contribution in [2.45, 2.75) is 25.2 Å². The molecule has 1 aromatic carbocycles. The van der Waals surface area contributed by atoms with Gasteiger partial charge in [-0.3, -0.25) is 0 Å². The molecule has 1 saturated heterocycles. The summed E-state index contributed by atoms with van der Waals surface area (Å²) >= 11 is 0. The van der Waals surface area contributed by atoms with Gasteiger partial charge in [-0.2, -0.15) is 4.31 Å². The highest BCUT2D eigenvalue weighted by Gasteiger charge is 2.31. The van der Waals surface area contributed by atoms with Crippen molar-refractivity contribution < 1.29 is 17.7 Å². The van der Waals surface area contributed by atoms with Gasteiger partial charge in [0.25, 0.3) is 5.69 Å². The minimum Gasteiger partial charge on any atom is -0.239 e. The molecule has 0 aliphatic carbocycles. The molecule has 0 amide bonds. The van der Waals surface area contributed by atoms with Crippen LogP contribution >= 0.6 is 0 Å². The molecule has 0 saturated carbocycles. The third kappa shape index (κ3) is 3.20. The Balaban J connectivity index is 1.87. The Bertz CT molecular complexity index is 830. The lowest BCUT2D eigenvalue weighted by Crippen LogP contribution is -2.42. The average molecular weight is 339 g/mol. The van der Waals surface area contributed by atoms with E-state index < -0.39 is 15.8 Å². The van der Waals surface area contributed by atoms with Crippen LogP contribution in [0, 0.1) is 11.8 Å². The van der Waals surface area contributed by atoms with Crippen molar-refractivity contribution in [3.8, 4) is 5.69 Å². The van der Waals surface area contributed by atoms with Crippen molar-refractivity contribution in [3.63, 3.8) is 0 Å². The zero-order valence-corrected chi connectivity index (χ0v) is 13.8. The van der Waals surface area contributed by atoms with Crippen LogP contribution in [-0.4, -0.2) is 36.2 Å². The van der Waals surface area contributed by atoms with Gasteiger partial charge in [-0.15, -0.1) is 0 Å². The van der Waals surface area contributed by atoms with Gasteiger partial charge >= 0.3 is 5.76 Å². The Morgan fingerprint density at radius 2 is 1.83 bits per heavy atom. The summed E-state index contributed by atoms with van der Waals surface area (Å²) in [5, 5.41) is 5.85.